The van der Waals surface area contributed by atoms with Gasteiger partial charge < -0.3 is 15.4 Å². The summed E-state index contributed by atoms with van der Waals surface area (Å²) >= 11 is 2.05. The van der Waals surface area contributed by atoms with Gasteiger partial charge in [-0.3, -0.25) is 0 Å². The standard InChI is InChI=1S/C13H20N2OS/c14-12-2-4-13(5-3-12)16-9-1-6-15-7-10-17-11-8-15/h2-5H,1,6-11,14H2. The van der Waals surface area contributed by atoms with Crippen LogP contribution in [0.5, 0.6) is 5.75 Å². The molecule has 0 unspecified atom stereocenters. The molecule has 0 saturated carbocycles. The van der Waals surface area contributed by atoms with Crippen molar-refractivity contribution >= 4 is 17.4 Å². The molecule has 1 aromatic carbocycles. The van der Waals surface area contributed by atoms with Crippen LogP contribution >= 0.6 is 11.8 Å². The van der Waals surface area contributed by atoms with Crippen molar-refractivity contribution in [2.75, 3.05) is 43.5 Å². The number of nitrogen functional groups attached to an aromatic ring is 1. The Hall–Kier alpha value is -0.870. The maximum atomic E-state index is 5.66. The zero-order valence-corrected chi connectivity index (χ0v) is 10.9. The van der Waals surface area contributed by atoms with Crippen LogP contribution in [0.15, 0.2) is 24.3 Å². The molecule has 0 aromatic heterocycles. The number of hydrogen-bond acceptors (Lipinski definition) is 4. The normalized spacial score (nSPS) is 16.9. The van der Waals surface area contributed by atoms with E-state index >= 15 is 0 Å². The van der Waals surface area contributed by atoms with Crippen LogP contribution in [-0.2, 0) is 0 Å². The van der Waals surface area contributed by atoms with Crippen molar-refractivity contribution in [3.63, 3.8) is 0 Å². The third-order valence-corrected chi connectivity index (χ3v) is 3.81. The van der Waals surface area contributed by atoms with Crippen molar-refractivity contribution in [2.45, 2.75) is 6.42 Å². The molecule has 4 heteroatoms. The molecule has 0 aliphatic carbocycles. The van der Waals surface area contributed by atoms with Crippen molar-refractivity contribution in [1.29, 1.82) is 0 Å². The second-order valence-electron chi connectivity index (χ2n) is 4.23. The Bertz CT molecular complexity index is 323. The van der Waals surface area contributed by atoms with Gasteiger partial charge in [0, 0.05) is 36.8 Å². The SMILES string of the molecule is Nc1ccc(OCCCN2CCSCC2)cc1. The van der Waals surface area contributed by atoms with Gasteiger partial charge in [-0.2, -0.15) is 11.8 Å². The number of benzene rings is 1. The van der Waals surface area contributed by atoms with Crippen LogP contribution in [0.4, 0.5) is 5.69 Å². The summed E-state index contributed by atoms with van der Waals surface area (Å²) in [5.41, 5.74) is 6.40. The van der Waals surface area contributed by atoms with E-state index in [1.54, 1.807) is 0 Å². The molecule has 3 nitrogen and oxygen atoms in total. The third kappa shape index (κ3) is 4.48. The predicted molar refractivity (Wildman–Crippen MR) is 74.7 cm³/mol. The van der Waals surface area contributed by atoms with Gasteiger partial charge in [0.25, 0.3) is 0 Å². The van der Waals surface area contributed by atoms with Crippen LogP contribution in [0.1, 0.15) is 6.42 Å². The first-order valence-electron chi connectivity index (χ1n) is 6.13. The lowest BCUT2D eigenvalue weighted by Crippen LogP contribution is -2.33. The Morgan fingerprint density at radius 3 is 2.59 bits per heavy atom. The quantitative estimate of drug-likeness (QED) is 0.643. The van der Waals surface area contributed by atoms with Crippen molar-refractivity contribution in [3.8, 4) is 5.75 Å². The van der Waals surface area contributed by atoms with Crippen molar-refractivity contribution in [1.82, 2.24) is 4.90 Å². The Labute approximate surface area is 107 Å². The second-order valence-corrected chi connectivity index (χ2v) is 5.45. The van der Waals surface area contributed by atoms with E-state index in [2.05, 4.69) is 16.7 Å². The molecule has 1 aromatic rings. The minimum Gasteiger partial charge on any atom is -0.494 e. The number of nitrogens with zero attached hydrogens (tertiary/aromatic N) is 1. The zero-order chi connectivity index (χ0) is 11.9. The number of anilines is 1. The lowest BCUT2D eigenvalue weighted by atomic mass is 10.3. The van der Waals surface area contributed by atoms with Crippen LogP contribution in [0.25, 0.3) is 0 Å². The maximum Gasteiger partial charge on any atom is 0.119 e. The summed E-state index contributed by atoms with van der Waals surface area (Å²) in [6.45, 7) is 4.39. The average Bonchev–Trinajstić information content (AvgIpc) is 2.38. The molecule has 1 aliphatic rings. The number of nitrogens with two attached hydrogens (primary N) is 1. The Kier molecular flexibility index (Phi) is 5.01. The molecule has 0 atom stereocenters. The van der Waals surface area contributed by atoms with Crippen LogP contribution in [0, 0.1) is 0 Å². The minimum absolute atomic E-state index is 0.781. The Morgan fingerprint density at radius 1 is 1.18 bits per heavy atom. The van der Waals surface area contributed by atoms with E-state index in [1.807, 2.05) is 24.3 Å². The van der Waals surface area contributed by atoms with E-state index in [1.165, 1.54) is 24.6 Å². The molecular formula is C13H20N2OS. The highest BCUT2D eigenvalue weighted by atomic mass is 32.2. The van der Waals surface area contributed by atoms with E-state index in [4.69, 9.17) is 10.5 Å². The number of rotatable bonds is 5. The van der Waals surface area contributed by atoms with E-state index in [0.29, 0.717) is 0 Å². The molecular weight excluding hydrogens is 232 g/mol. The smallest absolute Gasteiger partial charge is 0.119 e. The fourth-order valence-electron chi connectivity index (χ4n) is 1.87. The Balaban J connectivity index is 1.60. The largest absolute Gasteiger partial charge is 0.494 e. The molecule has 0 bridgehead atoms. The third-order valence-electron chi connectivity index (χ3n) is 2.87. The maximum absolute atomic E-state index is 5.66. The number of hydrogen-bond donors (Lipinski definition) is 1. The molecule has 0 radical (unpaired) electrons. The zero-order valence-electron chi connectivity index (χ0n) is 10.1. The summed E-state index contributed by atoms with van der Waals surface area (Å²) in [7, 11) is 0. The Morgan fingerprint density at radius 2 is 1.88 bits per heavy atom. The molecule has 0 spiro atoms. The first kappa shape index (κ1) is 12.6. The summed E-state index contributed by atoms with van der Waals surface area (Å²) in [6.07, 6.45) is 1.09. The molecule has 1 saturated heterocycles. The molecule has 2 rings (SSSR count). The lowest BCUT2D eigenvalue weighted by molar-refractivity contribution is 0.248. The van der Waals surface area contributed by atoms with Gasteiger partial charge >= 0.3 is 0 Å². The van der Waals surface area contributed by atoms with Gasteiger partial charge in [0.2, 0.25) is 0 Å². The van der Waals surface area contributed by atoms with E-state index < -0.39 is 0 Å². The molecule has 94 valence electrons. The number of thioether (sulfide) groups is 1. The fourth-order valence-corrected chi connectivity index (χ4v) is 2.85. The van der Waals surface area contributed by atoms with Gasteiger partial charge in [0.1, 0.15) is 5.75 Å². The summed E-state index contributed by atoms with van der Waals surface area (Å²) in [6, 6.07) is 7.59. The van der Waals surface area contributed by atoms with Gasteiger partial charge in [0.05, 0.1) is 6.61 Å². The predicted octanol–water partition coefficient (Wildman–Crippen LogP) is 2.09. The monoisotopic (exact) mass is 252 g/mol. The highest BCUT2D eigenvalue weighted by Crippen LogP contribution is 2.13. The van der Waals surface area contributed by atoms with Gasteiger partial charge in [0.15, 0.2) is 0 Å². The van der Waals surface area contributed by atoms with E-state index in [0.717, 1.165) is 31.0 Å². The highest BCUT2D eigenvalue weighted by Gasteiger charge is 2.09. The molecule has 1 aliphatic heterocycles. The summed E-state index contributed by atoms with van der Waals surface area (Å²) in [4.78, 5) is 2.52. The van der Waals surface area contributed by atoms with Crippen molar-refractivity contribution in [3.05, 3.63) is 24.3 Å². The number of ether oxygens (including phenoxy) is 1. The summed E-state index contributed by atoms with van der Waals surface area (Å²) < 4.78 is 5.66. The summed E-state index contributed by atoms with van der Waals surface area (Å²) in [5, 5.41) is 0. The first-order chi connectivity index (χ1) is 8.34. The van der Waals surface area contributed by atoms with Crippen LogP contribution < -0.4 is 10.5 Å². The topological polar surface area (TPSA) is 38.5 Å². The fraction of sp³-hybridized carbons (Fsp3) is 0.538. The van der Waals surface area contributed by atoms with Crippen molar-refractivity contribution in [2.24, 2.45) is 0 Å². The van der Waals surface area contributed by atoms with E-state index in [9.17, 15) is 0 Å². The van der Waals surface area contributed by atoms with E-state index in [-0.39, 0.29) is 0 Å². The molecule has 1 heterocycles. The van der Waals surface area contributed by atoms with Crippen LogP contribution in [-0.4, -0.2) is 42.6 Å². The van der Waals surface area contributed by atoms with Crippen LogP contribution in [0.2, 0.25) is 0 Å². The molecule has 0 amide bonds. The molecule has 1 fully saturated rings. The van der Waals surface area contributed by atoms with Gasteiger partial charge in [-0.05, 0) is 30.7 Å². The minimum atomic E-state index is 0.781. The van der Waals surface area contributed by atoms with Gasteiger partial charge in [-0.25, -0.2) is 0 Å². The second kappa shape index (κ2) is 6.77. The summed E-state index contributed by atoms with van der Waals surface area (Å²) in [5.74, 6) is 3.46. The lowest BCUT2D eigenvalue weighted by Gasteiger charge is -2.25. The van der Waals surface area contributed by atoms with Crippen LogP contribution in [0.3, 0.4) is 0 Å². The molecule has 2 N–H and O–H groups in total. The van der Waals surface area contributed by atoms with Gasteiger partial charge in [-0.15, -0.1) is 0 Å². The molecule has 17 heavy (non-hydrogen) atoms. The first-order valence-corrected chi connectivity index (χ1v) is 7.28. The average molecular weight is 252 g/mol. The van der Waals surface area contributed by atoms with Gasteiger partial charge in [-0.1, -0.05) is 0 Å². The highest BCUT2D eigenvalue weighted by molar-refractivity contribution is 7.99. The van der Waals surface area contributed by atoms with Crippen molar-refractivity contribution < 1.29 is 4.74 Å².